The molecule has 2 aromatic rings. The number of halogens is 4. The predicted molar refractivity (Wildman–Crippen MR) is 119 cm³/mol. The number of hydrogen-bond acceptors (Lipinski definition) is 3. The smallest absolute Gasteiger partial charge is 0.417 e. The molecule has 4 aliphatic rings. The summed E-state index contributed by atoms with van der Waals surface area (Å²) in [5.41, 5.74) is 1.01. The summed E-state index contributed by atoms with van der Waals surface area (Å²) in [5.74, 6) is 1.17. The summed E-state index contributed by atoms with van der Waals surface area (Å²) in [6.45, 7) is 1.97. The van der Waals surface area contributed by atoms with Crippen molar-refractivity contribution in [1.82, 2.24) is 0 Å². The lowest BCUT2D eigenvalue weighted by Crippen LogP contribution is -2.41. The van der Waals surface area contributed by atoms with Gasteiger partial charge in [0, 0.05) is 17.9 Å². The van der Waals surface area contributed by atoms with Gasteiger partial charge in [0.15, 0.2) is 5.78 Å². The molecule has 0 radical (unpaired) electrons. The highest BCUT2D eigenvalue weighted by Gasteiger charge is 2.54. The Morgan fingerprint density at radius 1 is 1.00 bits per heavy atom. The molecule has 33 heavy (non-hydrogen) atoms. The number of rotatable bonds is 4. The van der Waals surface area contributed by atoms with Crippen molar-refractivity contribution >= 4 is 23.0 Å². The number of benzene rings is 2. The molecule has 3 saturated carbocycles. The van der Waals surface area contributed by atoms with Gasteiger partial charge in [0.05, 0.1) is 16.2 Å². The fourth-order valence-electron chi connectivity index (χ4n) is 6.04. The van der Waals surface area contributed by atoms with Gasteiger partial charge in [-0.25, -0.2) is 0 Å². The number of Topliss-reactive ketones (excluding diaryl/α,β-unsaturated/α-hetero) is 1. The first-order valence-corrected chi connectivity index (χ1v) is 11.7. The summed E-state index contributed by atoms with van der Waals surface area (Å²) in [5, 5.41) is 10.7. The number of ether oxygens (including phenoxy) is 1. The minimum absolute atomic E-state index is 0.0105. The van der Waals surface area contributed by atoms with E-state index in [1.54, 1.807) is 12.1 Å². The molecule has 2 bridgehead atoms. The minimum atomic E-state index is -4.55. The molecular formula is C26H24ClF3O3. The van der Waals surface area contributed by atoms with E-state index >= 15 is 0 Å². The van der Waals surface area contributed by atoms with Crippen molar-refractivity contribution in [1.29, 1.82) is 0 Å². The monoisotopic (exact) mass is 476 g/mol. The molecule has 0 aliphatic heterocycles. The summed E-state index contributed by atoms with van der Waals surface area (Å²) in [6, 6.07) is 8.47. The predicted octanol–water partition coefficient (Wildman–Crippen LogP) is 7.62. The van der Waals surface area contributed by atoms with Gasteiger partial charge in [-0.3, -0.25) is 4.79 Å². The number of aryl methyl sites for hydroxylation is 1. The summed E-state index contributed by atoms with van der Waals surface area (Å²) in [4.78, 5) is 13.5. The van der Waals surface area contributed by atoms with Crippen LogP contribution in [0, 0.1) is 23.7 Å². The lowest BCUT2D eigenvalue weighted by atomic mass is 9.59. The molecule has 3 fully saturated rings. The molecule has 6 rings (SSSR count). The second kappa shape index (κ2) is 8.08. The Kier molecular flexibility index (Phi) is 5.47. The van der Waals surface area contributed by atoms with Crippen LogP contribution in [-0.4, -0.2) is 10.9 Å². The van der Waals surface area contributed by atoms with Crippen LogP contribution in [0.5, 0.6) is 11.5 Å². The van der Waals surface area contributed by atoms with E-state index in [0.29, 0.717) is 35.1 Å². The molecule has 3 nitrogen and oxygen atoms in total. The maximum atomic E-state index is 13.5. The Balaban J connectivity index is 1.50. The van der Waals surface area contributed by atoms with E-state index in [4.69, 9.17) is 16.3 Å². The lowest BCUT2D eigenvalue weighted by molar-refractivity contribution is -0.137. The number of allylic oxidation sites excluding steroid dienone is 2. The number of alkyl halides is 3. The SMILES string of the molecule is CCc1ccc(Oc2ccc(C(F)(F)F)c(Cl)c2)cc1C1=C(O)C2C3CCC(CC3)C2C1=O. The standard InChI is InChI=1S/C26H24ClF3O3/c1-2-13-7-8-16(33-17-9-10-19(20(27)12-17)26(28,29)30)11-18(13)23-24(31)21-14-3-4-15(6-5-14)22(21)25(23)32/h7-12,14-15,21-22,31H,2-6H2,1H3. The van der Waals surface area contributed by atoms with E-state index in [9.17, 15) is 23.1 Å². The maximum Gasteiger partial charge on any atom is 0.417 e. The molecule has 0 heterocycles. The van der Waals surface area contributed by atoms with E-state index in [0.717, 1.165) is 43.4 Å². The molecular weight excluding hydrogens is 453 g/mol. The van der Waals surface area contributed by atoms with E-state index in [2.05, 4.69) is 0 Å². The van der Waals surface area contributed by atoms with Gasteiger partial charge < -0.3 is 9.84 Å². The highest BCUT2D eigenvalue weighted by atomic mass is 35.5. The van der Waals surface area contributed by atoms with Crippen LogP contribution >= 0.6 is 11.6 Å². The maximum absolute atomic E-state index is 13.5. The van der Waals surface area contributed by atoms with E-state index in [1.807, 2.05) is 13.0 Å². The highest BCUT2D eigenvalue weighted by molar-refractivity contribution is 6.31. The number of carbonyl (C=O) groups excluding carboxylic acids is 1. The van der Waals surface area contributed by atoms with Gasteiger partial charge in [-0.2, -0.15) is 13.2 Å². The van der Waals surface area contributed by atoms with Gasteiger partial charge in [0.2, 0.25) is 0 Å². The fraction of sp³-hybridized carbons (Fsp3) is 0.423. The molecule has 2 atom stereocenters. The van der Waals surface area contributed by atoms with Crippen molar-refractivity contribution in [3.05, 3.63) is 63.9 Å². The van der Waals surface area contributed by atoms with Gasteiger partial charge in [0.25, 0.3) is 0 Å². The van der Waals surface area contributed by atoms with Crippen molar-refractivity contribution in [2.24, 2.45) is 23.7 Å². The number of aliphatic hydroxyl groups is 1. The van der Waals surface area contributed by atoms with Gasteiger partial charge in [-0.1, -0.05) is 24.6 Å². The molecule has 2 unspecified atom stereocenters. The van der Waals surface area contributed by atoms with Gasteiger partial charge in [-0.05, 0) is 79.3 Å². The molecule has 2 aromatic carbocycles. The Hall–Kier alpha value is -2.47. The van der Waals surface area contributed by atoms with Crippen LogP contribution in [0.1, 0.15) is 49.3 Å². The Labute approximate surface area is 195 Å². The van der Waals surface area contributed by atoms with Gasteiger partial charge in [-0.15, -0.1) is 0 Å². The summed E-state index contributed by atoms with van der Waals surface area (Å²) < 4.78 is 44.8. The average molecular weight is 477 g/mol. The lowest BCUT2D eigenvalue weighted by Gasteiger charge is -2.44. The zero-order valence-corrected chi connectivity index (χ0v) is 18.8. The molecule has 0 saturated heterocycles. The zero-order chi connectivity index (χ0) is 23.5. The first-order valence-electron chi connectivity index (χ1n) is 11.3. The summed E-state index contributed by atoms with van der Waals surface area (Å²) in [6.07, 6.45) is 0.291. The third-order valence-electron chi connectivity index (χ3n) is 7.55. The number of ketones is 1. The Morgan fingerprint density at radius 2 is 1.61 bits per heavy atom. The first-order chi connectivity index (χ1) is 15.7. The van der Waals surface area contributed by atoms with Crippen molar-refractivity contribution in [2.75, 3.05) is 0 Å². The first kappa shape index (κ1) is 22.3. The van der Waals surface area contributed by atoms with Crippen LogP contribution in [0.2, 0.25) is 5.02 Å². The van der Waals surface area contributed by atoms with Crippen LogP contribution in [0.3, 0.4) is 0 Å². The molecule has 4 aliphatic carbocycles. The number of hydrogen-bond donors (Lipinski definition) is 1. The zero-order valence-electron chi connectivity index (χ0n) is 18.1. The highest BCUT2D eigenvalue weighted by Crippen LogP contribution is 2.57. The molecule has 1 N–H and O–H groups in total. The fourth-order valence-corrected chi connectivity index (χ4v) is 6.31. The van der Waals surface area contributed by atoms with Crippen LogP contribution in [0.15, 0.2) is 42.2 Å². The van der Waals surface area contributed by atoms with Crippen molar-refractivity contribution in [3.63, 3.8) is 0 Å². The van der Waals surface area contributed by atoms with E-state index in [1.165, 1.54) is 6.07 Å². The van der Waals surface area contributed by atoms with Crippen molar-refractivity contribution in [2.45, 2.75) is 45.2 Å². The summed E-state index contributed by atoms with van der Waals surface area (Å²) >= 11 is 5.82. The van der Waals surface area contributed by atoms with Crippen molar-refractivity contribution < 1.29 is 27.8 Å². The molecule has 0 aromatic heterocycles. The summed E-state index contributed by atoms with van der Waals surface area (Å²) in [7, 11) is 0. The quantitative estimate of drug-likeness (QED) is 0.493. The second-order valence-corrected chi connectivity index (χ2v) is 9.67. The van der Waals surface area contributed by atoms with Gasteiger partial charge >= 0.3 is 6.18 Å². The molecule has 0 spiro atoms. The van der Waals surface area contributed by atoms with E-state index < -0.39 is 16.8 Å². The third-order valence-corrected chi connectivity index (χ3v) is 7.87. The molecule has 0 amide bonds. The van der Waals surface area contributed by atoms with Crippen molar-refractivity contribution in [3.8, 4) is 11.5 Å². The Bertz CT molecular complexity index is 1150. The topological polar surface area (TPSA) is 46.5 Å². The van der Waals surface area contributed by atoms with Crippen LogP contribution < -0.4 is 4.74 Å². The van der Waals surface area contributed by atoms with Crippen LogP contribution in [-0.2, 0) is 17.4 Å². The molecule has 7 heteroatoms. The minimum Gasteiger partial charge on any atom is -0.511 e. The Morgan fingerprint density at radius 3 is 2.18 bits per heavy atom. The van der Waals surface area contributed by atoms with E-state index in [-0.39, 0.29) is 29.1 Å². The van der Waals surface area contributed by atoms with Gasteiger partial charge in [0.1, 0.15) is 17.3 Å². The normalized spacial score (nSPS) is 26.6. The third kappa shape index (κ3) is 3.72. The molecule has 174 valence electrons. The number of fused-ring (bicyclic) bond motifs is 2. The van der Waals surface area contributed by atoms with Crippen LogP contribution in [0.4, 0.5) is 13.2 Å². The number of carbonyl (C=O) groups is 1. The second-order valence-electron chi connectivity index (χ2n) is 9.26. The largest absolute Gasteiger partial charge is 0.511 e. The van der Waals surface area contributed by atoms with Crippen LogP contribution in [0.25, 0.3) is 5.57 Å². The average Bonchev–Trinajstić information content (AvgIpc) is 3.06. The number of aliphatic hydroxyl groups excluding tert-OH is 1.